The summed E-state index contributed by atoms with van der Waals surface area (Å²) in [5.41, 5.74) is 0. The lowest BCUT2D eigenvalue weighted by atomic mass is 9.93. The number of hydrogen-bond donors (Lipinski definition) is 1. The third-order valence-corrected chi connectivity index (χ3v) is 6.83. The molecule has 0 spiro atoms. The Morgan fingerprint density at radius 1 is 1.53 bits per heavy atom. The van der Waals surface area contributed by atoms with E-state index in [-0.39, 0.29) is 16.7 Å². The van der Waals surface area contributed by atoms with Crippen molar-refractivity contribution < 1.29 is 18.3 Å². The highest BCUT2D eigenvalue weighted by Gasteiger charge is 2.42. The van der Waals surface area contributed by atoms with E-state index < -0.39 is 22.0 Å². The van der Waals surface area contributed by atoms with Crippen LogP contribution in [0.2, 0.25) is 4.34 Å². The fourth-order valence-electron chi connectivity index (χ4n) is 2.34. The van der Waals surface area contributed by atoms with Gasteiger partial charge >= 0.3 is 5.97 Å². The van der Waals surface area contributed by atoms with Crippen molar-refractivity contribution in [3.05, 3.63) is 16.5 Å². The molecule has 106 valence electrons. The number of piperidine rings is 1. The highest BCUT2D eigenvalue weighted by Crippen LogP contribution is 2.33. The van der Waals surface area contributed by atoms with Crippen LogP contribution in [0.15, 0.2) is 16.3 Å². The van der Waals surface area contributed by atoms with E-state index in [1.54, 1.807) is 6.92 Å². The molecule has 8 heteroatoms. The van der Waals surface area contributed by atoms with Crippen LogP contribution in [0.4, 0.5) is 0 Å². The van der Waals surface area contributed by atoms with Gasteiger partial charge in [0, 0.05) is 6.54 Å². The fourth-order valence-corrected chi connectivity index (χ4v) is 5.67. The number of hydrogen-bond acceptors (Lipinski definition) is 4. The van der Waals surface area contributed by atoms with Crippen LogP contribution < -0.4 is 0 Å². The van der Waals surface area contributed by atoms with E-state index in [2.05, 4.69) is 0 Å². The summed E-state index contributed by atoms with van der Waals surface area (Å²) in [6, 6.07) is 1.92. The van der Waals surface area contributed by atoms with E-state index in [1.807, 2.05) is 0 Å². The highest BCUT2D eigenvalue weighted by atomic mass is 35.5. The first kappa shape index (κ1) is 14.8. The Hall–Kier alpha value is -0.630. The number of rotatable bonds is 3. The van der Waals surface area contributed by atoms with Gasteiger partial charge in [0.2, 0.25) is 0 Å². The third kappa shape index (κ3) is 2.79. The molecule has 1 aromatic rings. The average molecular weight is 324 g/mol. The molecule has 1 aliphatic heterocycles. The molecule has 2 unspecified atom stereocenters. The number of aliphatic carboxylic acids is 1. The van der Waals surface area contributed by atoms with Gasteiger partial charge in [0.25, 0.3) is 10.0 Å². The summed E-state index contributed by atoms with van der Waals surface area (Å²) >= 11 is 6.70. The van der Waals surface area contributed by atoms with Crippen molar-refractivity contribution in [3.63, 3.8) is 0 Å². The quantitative estimate of drug-likeness (QED) is 0.926. The van der Waals surface area contributed by atoms with Crippen LogP contribution in [0.3, 0.4) is 0 Å². The van der Waals surface area contributed by atoms with E-state index in [1.165, 1.54) is 12.1 Å². The minimum Gasteiger partial charge on any atom is -0.480 e. The van der Waals surface area contributed by atoms with Crippen LogP contribution in [0, 0.1) is 5.92 Å². The van der Waals surface area contributed by atoms with Gasteiger partial charge in [0.1, 0.15) is 10.3 Å². The zero-order valence-corrected chi connectivity index (χ0v) is 12.6. The number of halogens is 1. The molecule has 0 saturated carbocycles. The summed E-state index contributed by atoms with van der Waals surface area (Å²) in [4.78, 5) is 11.3. The molecule has 1 saturated heterocycles. The van der Waals surface area contributed by atoms with Gasteiger partial charge in [-0.05, 0) is 30.9 Å². The summed E-state index contributed by atoms with van der Waals surface area (Å²) in [5, 5.41) is 9.27. The first-order valence-corrected chi connectivity index (χ1v) is 8.47. The Balaban J connectivity index is 2.40. The second-order valence-corrected chi connectivity index (χ2v) is 8.41. The topological polar surface area (TPSA) is 74.7 Å². The van der Waals surface area contributed by atoms with E-state index in [4.69, 9.17) is 11.6 Å². The average Bonchev–Trinajstić information content (AvgIpc) is 2.75. The molecule has 0 aromatic carbocycles. The molecule has 1 aromatic heterocycles. The lowest BCUT2D eigenvalue weighted by Gasteiger charge is -2.35. The van der Waals surface area contributed by atoms with E-state index >= 15 is 0 Å². The highest BCUT2D eigenvalue weighted by molar-refractivity contribution is 7.91. The molecule has 0 aliphatic carbocycles. The molecule has 1 aliphatic rings. The summed E-state index contributed by atoms with van der Waals surface area (Å²) in [5.74, 6) is -1.30. The number of sulfonamides is 1. The molecule has 2 heterocycles. The van der Waals surface area contributed by atoms with Crippen LogP contribution in [0.25, 0.3) is 0 Å². The Morgan fingerprint density at radius 2 is 2.21 bits per heavy atom. The third-order valence-electron chi connectivity index (χ3n) is 3.25. The van der Waals surface area contributed by atoms with Crippen LogP contribution in [-0.4, -0.2) is 36.4 Å². The first-order valence-electron chi connectivity index (χ1n) is 5.84. The minimum atomic E-state index is -3.78. The van der Waals surface area contributed by atoms with Crippen molar-refractivity contribution in [1.29, 1.82) is 0 Å². The summed E-state index contributed by atoms with van der Waals surface area (Å²) < 4.78 is 26.5. The summed E-state index contributed by atoms with van der Waals surface area (Å²) in [6.45, 7) is 2.00. The molecule has 1 fully saturated rings. The summed E-state index contributed by atoms with van der Waals surface area (Å²) in [7, 11) is -3.78. The van der Waals surface area contributed by atoms with Gasteiger partial charge in [-0.1, -0.05) is 18.5 Å². The molecular weight excluding hydrogens is 310 g/mol. The van der Waals surface area contributed by atoms with Gasteiger partial charge in [-0.15, -0.1) is 11.3 Å². The SMILES string of the molecule is CC1CCCN(S(=O)(=O)c2ccc(Cl)s2)C1C(=O)O. The van der Waals surface area contributed by atoms with Crippen molar-refractivity contribution in [2.45, 2.75) is 30.0 Å². The lowest BCUT2D eigenvalue weighted by Crippen LogP contribution is -2.51. The smallest absolute Gasteiger partial charge is 0.322 e. The molecule has 2 rings (SSSR count). The van der Waals surface area contributed by atoms with Crippen molar-refractivity contribution in [2.75, 3.05) is 6.54 Å². The minimum absolute atomic E-state index is 0.0952. The number of thiophene rings is 1. The van der Waals surface area contributed by atoms with Crippen LogP contribution in [0.5, 0.6) is 0 Å². The predicted molar refractivity (Wildman–Crippen MR) is 73.0 cm³/mol. The Kier molecular flexibility index (Phi) is 4.20. The van der Waals surface area contributed by atoms with E-state index in [0.29, 0.717) is 17.2 Å². The maximum Gasteiger partial charge on any atom is 0.322 e. The molecule has 2 atom stereocenters. The van der Waals surface area contributed by atoms with Gasteiger partial charge in [-0.25, -0.2) is 8.42 Å². The normalized spacial score (nSPS) is 25.4. The maximum atomic E-state index is 12.5. The number of carboxylic acid groups (broad SMARTS) is 1. The van der Waals surface area contributed by atoms with E-state index in [9.17, 15) is 18.3 Å². The Morgan fingerprint density at radius 3 is 2.74 bits per heavy atom. The van der Waals surface area contributed by atoms with Gasteiger partial charge in [-0.2, -0.15) is 4.31 Å². The monoisotopic (exact) mass is 323 g/mol. The molecule has 5 nitrogen and oxygen atoms in total. The van der Waals surface area contributed by atoms with Crippen molar-refractivity contribution in [3.8, 4) is 0 Å². The molecule has 0 bridgehead atoms. The number of carboxylic acids is 1. The summed E-state index contributed by atoms with van der Waals surface area (Å²) in [6.07, 6.45) is 1.39. The largest absolute Gasteiger partial charge is 0.480 e. The van der Waals surface area contributed by atoms with Gasteiger partial charge in [0.05, 0.1) is 4.34 Å². The molecule has 1 N–H and O–H groups in total. The van der Waals surface area contributed by atoms with Gasteiger partial charge in [0.15, 0.2) is 0 Å². The van der Waals surface area contributed by atoms with Crippen molar-refractivity contribution in [1.82, 2.24) is 4.31 Å². The van der Waals surface area contributed by atoms with Crippen LogP contribution >= 0.6 is 22.9 Å². The second-order valence-electron chi connectivity index (χ2n) is 4.58. The lowest BCUT2D eigenvalue weighted by molar-refractivity contribution is -0.144. The predicted octanol–water partition coefficient (Wildman–Crippen LogP) is 2.28. The van der Waals surface area contributed by atoms with Crippen LogP contribution in [0.1, 0.15) is 19.8 Å². The fraction of sp³-hybridized carbons (Fsp3) is 0.545. The Labute approximate surface area is 120 Å². The van der Waals surface area contributed by atoms with Crippen molar-refractivity contribution >= 4 is 38.9 Å². The first-order chi connectivity index (χ1) is 8.84. The standard InChI is InChI=1S/C11H14ClNO4S2/c1-7-3-2-6-13(10(7)11(14)15)19(16,17)9-5-4-8(12)18-9/h4-5,7,10H,2-3,6H2,1H3,(H,14,15). The Bertz CT molecular complexity index is 583. The second kappa shape index (κ2) is 5.40. The number of carbonyl (C=O) groups is 1. The zero-order chi connectivity index (χ0) is 14.2. The van der Waals surface area contributed by atoms with Crippen LogP contribution in [-0.2, 0) is 14.8 Å². The molecule has 0 radical (unpaired) electrons. The molecule has 19 heavy (non-hydrogen) atoms. The van der Waals surface area contributed by atoms with E-state index in [0.717, 1.165) is 15.6 Å². The van der Waals surface area contributed by atoms with Crippen molar-refractivity contribution in [2.24, 2.45) is 5.92 Å². The molecular formula is C11H14ClNO4S2. The maximum absolute atomic E-state index is 12.5. The number of nitrogens with zero attached hydrogens (tertiary/aromatic N) is 1. The van der Waals surface area contributed by atoms with Gasteiger partial charge in [-0.3, -0.25) is 4.79 Å². The molecule has 0 amide bonds. The van der Waals surface area contributed by atoms with Gasteiger partial charge < -0.3 is 5.11 Å². The zero-order valence-electron chi connectivity index (χ0n) is 10.2.